The Bertz CT molecular complexity index is 622. The molecule has 6 nitrogen and oxygen atoms in total. The van der Waals surface area contributed by atoms with Crippen molar-refractivity contribution in [3.8, 4) is 0 Å². The summed E-state index contributed by atoms with van der Waals surface area (Å²) < 4.78 is 5.11. The maximum Gasteiger partial charge on any atom is 0.335 e. The summed E-state index contributed by atoms with van der Waals surface area (Å²) in [5.74, 6) is -0.893. The fourth-order valence-corrected chi connectivity index (χ4v) is 2.87. The quantitative estimate of drug-likeness (QED) is 0.857. The molecule has 0 unspecified atom stereocenters. The van der Waals surface area contributed by atoms with Crippen molar-refractivity contribution >= 4 is 23.5 Å². The van der Waals surface area contributed by atoms with E-state index < -0.39 is 23.3 Å². The van der Waals surface area contributed by atoms with E-state index in [2.05, 4.69) is 5.32 Å². The van der Waals surface area contributed by atoms with Crippen molar-refractivity contribution in [1.82, 2.24) is 5.32 Å². The van der Waals surface area contributed by atoms with Crippen LogP contribution in [0.3, 0.4) is 0 Å². The van der Waals surface area contributed by atoms with E-state index in [1.807, 2.05) is 6.07 Å². The van der Waals surface area contributed by atoms with Gasteiger partial charge in [0.1, 0.15) is 5.41 Å². The lowest BCUT2D eigenvalue weighted by Gasteiger charge is -2.44. The van der Waals surface area contributed by atoms with Gasteiger partial charge in [0.05, 0.1) is 12.3 Å². The summed E-state index contributed by atoms with van der Waals surface area (Å²) in [6.45, 7) is 0.286. The molecule has 1 aliphatic heterocycles. The second kappa shape index (κ2) is 4.96. The summed E-state index contributed by atoms with van der Waals surface area (Å²) in [6.07, 6.45) is 1.81. The third-order valence-electron chi connectivity index (χ3n) is 4.21. The number of methoxy groups -OCH3 is 1. The van der Waals surface area contributed by atoms with E-state index in [9.17, 15) is 14.4 Å². The molecule has 1 aromatic carbocycles. The Labute approximate surface area is 122 Å². The Hall–Kier alpha value is -2.21. The van der Waals surface area contributed by atoms with E-state index in [0.29, 0.717) is 18.5 Å². The number of hydrogen-bond donors (Lipinski definition) is 1. The number of barbiturate groups is 1. The first-order chi connectivity index (χ1) is 10.1. The number of para-hydroxylation sites is 1. The van der Waals surface area contributed by atoms with Crippen LogP contribution in [-0.4, -0.2) is 25.0 Å². The number of carbonyl (C=O) groups is 3. The molecule has 1 N–H and O–H groups in total. The monoisotopic (exact) mass is 288 g/mol. The fraction of sp³-hybridized carbons (Fsp3) is 0.400. The minimum Gasteiger partial charge on any atom is -0.380 e. The Morgan fingerprint density at radius 2 is 1.95 bits per heavy atom. The predicted molar refractivity (Wildman–Crippen MR) is 74.5 cm³/mol. The number of nitrogens with zero attached hydrogens (tertiary/aromatic N) is 1. The van der Waals surface area contributed by atoms with Gasteiger partial charge in [0.25, 0.3) is 5.91 Å². The molecule has 1 aromatic rings. The van der Waals surface area contributed by atoms with Crippen molar-refractivity contribution in [2.24, 2.45) is 5.41 Å². The zero-order valence-electron chi connectivity index (χ0n) is 11.7. The van der Waals surface area contributed by atoms with Crippen molar-refractivity contribution in [1.29, 1.82) is 0 Å². The number of anilines is 1. The molecule has 0 bridgehead atoms. The Morgan fingerprint density at radius 3 is 2.57 bits per heavy atom. The Balaban J connectivity index is 2.03. The van der Waals surface area contributed by atoms with Gasteiger partial charge in [-0.2, -0.15) is 0 Å². The van der Waals surface area contributed by atoms with Crippen LogP contribution in [0.4, 0.5) is 10.5 Å². The van der Waals surface area contributed by atoms with Gasteiger partial charge in [-0.05, 0) is 18.9 Å². The molecule has 0 atom stereocenters. The molecule has 110 valence electrons. The number of carbonyl (C=O) groups excluding carboxylic acids is 3. The summed E-state index contributed by atoms with van der Waals surface area (Å²) in [5, 5.41) is 2.31. The van der Waals surface area contributed by atoms with E-state index >= 15 is 0 Å². The molecule has 0 radical (unpaired) electrons. The zero-order valence-corrected chi connectivity index (χ0v) is 11.7. The Morgan fingerprint density at radius 1 is 1.24 bits per heavy atom. The third kappa shape index (κ3) is 1.94. The van der Waals surface area contributed by atoms with Crippen molar-refractivity contribution < 1.29 is 19.1 Å². The molecule has 2 aliphatic rings. The molecule has 3 rings (SSSR count). The molecule has 1 saturated heterocycles. The van der Waals surface area contributed by atoms with E-state index in [-0.39, 0.29) is 6.61 Å². The molecule has 21 heavy (non-hydrogen) atoms. The number of imide groups is 2. The van der Waals surface area contributed by atoms with Crippen molar-refractivity contribution in [3.63, 3.8) is 0 Å². The molecular formula is C15H16N2O4. The van der Waals surface area contributed by atoms with Gasteiger partial charge in [0, 0.05) is 12.7 Å². The van der Waals surface area contributed by atoms with Crippen LogP contribution < -0.4 is 10.2 Å². The number of amides is 4. The SMILES string of the molecule is COCc1ccccc1N1C(=O)NC(=O)C2(CCC2)C1=O. The number of urea groups is 1. The highest BCUT2D eigenvalue weighted by atomic mass is 16.5. The van der Waals surface area contributed by atoms with E-state index in [1.165, 1.54) is 0 Å². The maximum absolute atomic E-state index is 12.7. The van der Waals surface area contributed by atoms with Crippen LogP contribution in [0.1, 0.15) is 24.8 Å². The second-order valence-electron chi connectivity index (χ2n) is 5.40. The van der Waals surface area contributed by atoms with Gasteiger partial charge in [0.2, 0.25) is 5.91 Å². The fourth-order valence-electron chi connectivity index (χ4n) is 2.87. The lowest BCUT2D eigenvalue weighted by atomic mass is 9.66. The van der Waals surface area contributed by atoms with Gasteiger partial charge in [-0.3, -0.25) is 14.9 Å². The van der Waals surface area contributed by atoms with Crippen LogP contribution in [-0.2, 0) is 20.9 Å². The van der Waals surface area contributed by atoms with Crippen LogP contribution in [0.25, 0.3) is 0 Å². The molecule has 2 fully saturated rings. The largest absolute Gasteiger partial charge is 0.380 e. The van der Waals surface area contributed by atoms with Crippen molar-refractivity contribution in [2.75, 3.05) is 12.0 Å². The van der Waals surface area contributed by atoms with Crippen LogP contribution in [0, 0.1) is 5.41 Å². The van der Waals surface area contributed by atoms with Crippen molar-refractivity contribution in [3.05, 3.63) is 29.8 Å². The first-order valence-corrected chi connectivity index (χ1v) is 6.87. The number of nitrogens with one attached hydrogen (secondary N) is 1. The average Bonchev–Trinajstić information content (AvgIpc) is 2.39. The van der Waals surface area contributed by atoms with E-state index in [4.69, 9.17) is 4.74 Å². The molecule has 1 aliphatic carbocycles. The lowest BCUT2D eigenvalue weighted by molar-refractivity contribution is -0.148. The smallest absolute Gasteiger partial charge is 0.335 e. The molecule has 1 saturated carbocycles. The number of hydrogen-bond acceptors (Lipinski definition) is 4. The number of rotatable bonds is 3. The highest BCUT2D eigenvalue weighted by Gasteiger charge is 2.57. The van der Waals surface area contributed by atoms with Gasteiger partial charge < -0.3 is 4.74 Å². The van der Waals surface area contributed by atoms with Gasteiger partial charge in [0.15, 0.2) is 0 Å². The van der Waals surface area contributed by atoms with Gasteiger partial charge in [-0.15, -0.1) is 0 Å². The minimum absolute atomic E-state index is 0.286. The minimum atomic E-state index is -1.06. The molecule has 0 aromatic heterocycles. The highest BCUT2D eigenvalue weighted by molar-refractivity contribution is 6.30. The van der Waals surface area contributed by atoms with Gasteiger partial charge >= 0.3 is 6.03 Å². The second-order valence-corrected chi connectivity index (χ2v) is 5.40. The number of ether oxygens (including phenoxy) is 1. The van der Waals surface area contributed by atoms with Crippen molar-refractivity contribution in [2.45, 2.75) is 25.9 Å². The van der Waals surface area contributed by atoms with Crippen LogP contribution >= 0.6 is 0 Å². The molecule has 1 spiro atoms. The van der Waals surface area contributed by atoms with Crippen LogP contribution in [0.15, 0.2) is 24.3 Å². The predicted octanol–water partition coefficient (Wildman–Crippen LogP) is 1.59. The molecular weight excluding hydrogens is 272 g/mol. The van der Waals surface area contributed by atoms with Crippen LogP contribution in [0.2, 0.25) is 0 Å². The third-order valence-corrected chi connectivity index (χ3v) is 4.21. The summed E-state index contributed by atoms with van der Waals surface area (Å²) in [5.41, 5.74) is 0.140. The van der Waals surface area contributed by atoms with Gasteiger partial charge in [-0.25, -0.2) is 9.69 Å². The van der Waals surface area contributed by atoms with Crippen LogP contribution in [0.5, 0.6) is 0 Å². The summed E-state index contributed by atoms with van der Waals surface area (Å²) in [4.78, 5) is 37.9. The van der Waals surface area contributed by atoms with E-state index in [0.717, 1.165) is 16.9 Å². The molecule has 1 heterocycles. The summed E-state index contributed by atoms with van der Waals surface area (Å²) in [7, 11) is 1.55. The molecule has 4 amide bonds. The number of benzene rings is 1. The average molecular weight is 288 g/mol. The Kier molecular flexibility index (Phi) is 3.25. The first kappa shape index (κ1) is 13.8. The molecule has 6 heteroatoms. The normalized spacial score (nSPS) is 20.4. The summed E-state index contributed by atoms with van der Waals surface area (Å²) >= 11 is 0. The highest BCUT2D eigenvalue weighted by Crippen LogP contribution is 2.45. The van der Waals surface area contributed by atoms with E-state index in [1.54, 1.807) is 25.3 Å². The maximum atomic E-state index is 12.7. The summed E-state index contributed by atoms with van der Waals surface area (Å²) in [6, 6.07) is 6.36. The lowest BCUT2D eigenvalue weighted by Crippen LogP contribution is -2.66. The topological polar surface area (TPSA) is 75.7 Å². The standard InChI is InChI=1S/C15H16N2O4/c1-21-9-10-5-2-3-6-11(10)17-13(19)15(7-4-8-15)12(18)16-14(17)20/h2-3,5-6H,4,7-9H2,1H3,(H,16,18,20). The zero-order chi connectivity index (χ0) is 15.0. The first-order valence-electron chi connectivity index (χ1n) is 6.87. The van der Waals surface area contributed by atoms with Gasteiger partial charge in [-0.1, -0.05) is 24.6 Å².